The summed E-state index contributed by atoms with van der Waals surface area (Å²) in [5.74, 6) is 0. The smallest absolute Gasteiger partial charge is 0.0668 e. The van der Waals surface area contributed by atoms with Gasteiger partial charge in [-0.25, -0.2) is 0 Å². The van der Waals surface area contributed by atoms with Crippen LogP contribution in [0.15, 0.2) is 11.8 Å². The maximum atomic E-state index is 5.36. The highest BCUT2D eigenvalue weighted by molar-refractivity contribution is 5.12. The first-order valence-electron chi connectivity index (χ1n) is 4.41. The molecule has 0 saturated carbocycles. The molecule has 1 saturated heterocycles. The number of rotatable bonds is 1. The Bertz CT molecular complexity index is 176. The molecule has 0 radical (unpaired) electrons. The van der Waals surface area contributed by atoms with Gasteiger partial charge in [-0.15, -0.1) is 0 Å². The van der Waals surface area contributed by atoms with E-state index in [4.69, 9.17) is 4.74 Å². The summed E-state index contributed by atoms with van der Waals surface area (Å²) in [6.45, 7) is 5.13. The van der Waals surface area contributed by atoms with Crippen LogP contribution in [0, 0.1) is 0 Å². The molecule has 2 aliphatic rings. The van der Waals surface area contributed by atoms with Crippen molar-refractivity contribution in [2.75, 3.05) is 19.8 Å². The standard InChI is InChI=1S/C9H15NO/c1-8-7-11-6-5-10(8)9-3-2-4-9/h3,8H,2,4-7H2,1H3. The van der Waals surface area contributed by atoms with Crippen molar-refractivity contribution in [3.63, 3.8) is 0 Å². The van der Waals surface area contributed by atoms with E-state index in [1.54, 1.807) is 5.70 Å². The average molecular weight is 153 g/mol. The maximum absolute atomic E-state index is 5.36. The van der Waals surface area contributed by atoms with E-state index in [9.17, 15) is 0 Å². The molecule has 11 heavy (non-hydrogen) atoms. The average Bonchev–Trinajstić information content (AvgIpc) is 1.90. The van der Waals surface area contributed by atoms with E-state index in [2.05, 4.69) is 17.9 Å². The number of morpholine rings is 1. The van der Waals surface area contributed by atoms with Crippen LogP contribution in [-0.2, 0) is 4.74 Å². The molecule has 1 aliphatic heterocycles. The first kappa shape index (κ1) is 7.17. The summed E-state index contributed by atoms with van der Waals surface area (Å²) >= 11 is 0. The molecule has 2 heteroatoms. The zero-order valence-corrected chi connectivity index (χ0v) is 7.05. The fourth-order valence-electron chi connectivity index (χ4n) is 1.69. The van der Waals surface area contributed by atoms with Crippen molar-refractivity contribution < 1.29 is 4.74 Å². The largest absolute Gasteiger partial charge is 0.377 e. The highest BCUT2D eigenvalue weighted by Crippen LogP contribution is 2.25. The van der Waals surface area contributed by atoms with Gasteiger partial charge in [0.15, 0.2) is 0 Å². The van der Waals surface area contributed by atoms with Crippen LogP contribution in [0.4, 0.5) is 0 Å². The first-order valence-corrected chi connectivity index (χ1v) is 4.41. The van der Waals surface area contributed by atoms with Crippen molar-refractivity contribution in [2.45, 2.75) is 25.8 Å². The van der Waals surface area contributed by atoms with E-state index >= 15 is 0 Å². The lowest BCUT2D eigenvalue weighted by molar-refractivity contribution is 0.0134. The second-order valence-electron chi connectivity index (χ2n) is 3.35. The topological polar surface area (TPSA) is 12.5 Å². The summed E-state index contributed by atoms with van der Waals surface area (Å²) in [4.78, 5) is 2.48. The van der Waals surface area contributed by atoms with Crippen molar-refractivity contribution in [3.8, 4) is 0 Å². The number of hydrogen-bond donors (Lipinski definition) is 0. The fraction of sp³-hybridized carbons (Fsp3) is 0.778. The zero-order chi connectivity index (χ0) is 7.68. The minimum Gasteiger partial charge on any atom is -0.377 e. The van der Waals surface area contributed by atoms with Gasteiger partial charge in [0.1, 0.15) is 0 Å². The van der Waals surface area contributed by atoms with Crippen molar-refractivity contribution >= 4 is 0 Å². The minimum atomic E-state index is 0.593. The molecular weight excluding hydrogens is 138 g/mol. The van der Waals surface area contributed by atoms with Gasteiger partial charge in [-0.3, -0.25) is 0 Å². The lowest BCUT2D eigenvalue weighted by Gasteiger charge is -2.39. The van der Waals surface area contributed by atoms with Gasteiger partial charge in [0.05, 0.1) is 13.2 Å². The van der Waals surface area contributed by atoms with Crippen LogP contribution in [-0.4, -0.2) is 30.7 Å². The van der Waals surface area contributed by atoms with Gasteiger partial charge < -0.3 is 9.64 Å². The van der Waals surface area contributed by atoms with Crippen LogP contribution in [0.5, 0.6) is 0 Å². The third-order valence-corrected chi connectivity index (χ3v) is 2.52. The van der Waals surface area contributed by atoms with E-state index in [-0.39, 0.29) is 0 Å². The summed E-state index contributed by atoms with van der Waals surface area (Å²) in [7, 11) is 0. The molecular formula is C9H15NO. The Morgan fingerprint density at radius 2 is 2.45 bits per heavy atom. The molecule has 0 aromatic carbocycles. The van der Waals surface area contributed by atoms with E-state index in [1.807, 2.05) is 0 Å². The summed E-state index contributed by atoms with van der Waals surface area (Å²) < 4.78 is 5.36. The normalized spacial score (nSPS) is 31.2. The van der Waals surface area contributed by atoms with Crippen molar-refractivity contribution in [1.29, 1.82) is 0 Å². The molecule has 0 aromatic rings. The highest BCUT2D eigenvalue weighted by atomic mass is 16.5. The fourth-order valence-corrected chi connectivity index (χ4v) is 1.69. The molecule has 2 rings (SSSR count). The monoisotopic (exact) mass is 153 g/mol. The molecule has 2 nitrogen and oxygen atoms in total. The van der Waals surface area contributed by atoms with E-state index in [1.165, 1.54) is 12.8 Å². The lowest BCUT2D eigenvalue weighted by atomic mass is 10.0. The predicted molar refractivity (Wildman–Crippen MR) is 44.3 cm³/mol. The molecule has 0 amide bonds. The summed E-state index contributed by atoms with van der Waals surface area (Å²) in [6.07, 6.45) is 4.89. The van der Waals surface area contributed by atoms with Gasteiger partial charge in [-0.1, -0.05) is 6.08 Å². The van der Waals surface area contributed by atoms with Gasteiger partial charge in [-0.05, 0) is 19.8 Å². The highest BCUT2D eigenvalue weighted by Gasteiger charge is 2.22. The third kappa shape index (κ3) is 1.27. The van der Waals surface area contributed by atoms with Crippen molar-refractivity contribution in [3.05, 3.63) is 11.8 Å². The van der Waals surface area contributed by atoms with Gasteiger partial charge in [0.25, 0.3) is 0 Å². The Morgan fingerprint density at radius 3 is 3.00 bits per heavy atom. The predicted octanol–water partition coefficient (Wildman–Crippen LogP) is 1.38. The number of ether oxygens (including phenoxy) is 1. The number of nitrogens with zero attached hydrogens (tertiary/aromatic N) is 1. The zero-order valence-electron chi connectivity index (χ0n) is 7.05. The maximum Gasteiger partial charge on any atom is 0.0668 e. The molecule has 1 atom stereocenters. The van der Waals surface area contributed by atoms with Crippen molar-refractivity contribution in [1.82, 2.24) is 4.90 Å². The van der Waals surface area contributed by atoms with Crippen LogP contribution in [0.3, 0.4) is 0 Å². The molecule has 0 aromatic heterocycles. The second kappa shape index (κ2) is 2.86. The summed E-state index contributed by atoms with van der Waals surface area (Å²) in [5.41, 5.74) is 1.54. The SMILES string of the molecule is CC1COCCN1C1=CCC1. The van der Waals surface area contributed by atoms with Crippen LogP contribution in [0.25, 0.3) is 0 Å². The third-order valence-electron chi connectivity index (χ3n) is 2.52. The van der Waals surface area contributed by atoms with Crippen LogP contribution in [0.2, 0.25) is 0 Å². The molecule has 1 unspecified atom stereocenters. The van der Waals surface area contributed by atoms with E-state index in [0.29, 0.717) is 6.04 Å². The lowest BCUT2D eigenvalue weighted by Crippen LogP contribution is -2.43. The Labute approximate surface area is 67.8 Å². The Morgan fingerprint density at radius 1 is 1.64 bits per heavy atom. The number of hydrogen-bond acceptors (Lipinski definition) is 2. The van der Waals surface area contributed by atoms with Crippen LogP contribution in [0.1, 0.15) is 19.8 Å². The second-order valence-corrected chi connectivity index (χ2v) is 3.35. The van der Waals surface area contributed by atoms with Gasteiger partial charge in [0, 0.05) is 18.3 Å². The first-order chi connectivity index (χ1) is 5.38. The molecule has 0 N–H and O–H groups in total. The van der Waals surface area contributed by atoms with Gasteiger partial charge in [0.2, 0.25) is 0 Å². The molecule has 0 bridgehead atoms. The quantitative estimate of drug-likeness (QED) is 0.564. The molecule has 1 heterocycles. The van der Waals surface area contributed by atoms with E-state index in [0.717, 1.165) is 19.8 Å². The summed E-state index contributed by atoms with van der Waals surface area (Å²) in [5, 5.41) is 0. The summed E-state index contributed by atoms with van der Waals surface area (Å²) in [6, 6.07) is 0.593. The van der Waals surface area contributed by atoms with Crippen LogP contribution >= 0.6 is 0 Å². The molecule has 1 aliphatic carbocycles. The Hall–Kier alpha value is -0.500. The Balaban J connectivity index is 1.99. The minimum absolute atomic E-state index is 0.593. The van der Waals surface area contributed by atoms with Gasteiger partial charge in [-0.2, -0.15) is 0 Å². The van der Waals surface area contributed by atoms with Crippen molar-refractivity contribution in [2.24, 2.45) is 0 Å². The van der Waals surface area contributed by atoms with Gasteiger partial charge >= 0.3 is 0 Å². The molecule has 1 fully saturated rings. The molecule has 0 spiro atoms. The number of allylic oxidation sites excluding steroid dienone is 2. The molecule has 62 valence electrons. The Kier molecular flexibility index (Phi) is 1.86. The van der Waals surface area contributed by atoms with E-state index < -0.39 is 0 Å². The van der Waals surface area contributed by atoms with Crippen LogP contribution < -0.4 is 0 Å².